The number of nitrogens with zero attached hydrogens (tertiary/aromatic N) is 1. The minimum Gasteiger partial charge on any atom is -0.308 e. The van der Waals surface area contributed by atoms with Gasteiger partial charge < -0.3 is 10.2 Å². The molecule has 1 saturated heterocycles. The van der Waals surface area contributed by atoms with E-state index in [4.69, 9.17) is 0 Å². The summed E-state index contributed by atoms with van der Waals surface area (Å²) in [5.41, 5.74) is 0. The van der Waals surface area contributed by atoms with Crippen LogP contribution in [0.3, 0.4) is 0 Å². The van der Waals surface area contributed by atoms with Crippen molar-refractivity contribution in [3.63, 3.8) is 0 Å². The first kappa shape index (κ1) is 13.7. The Labute approximate surface area is 101 Å². The van der Waals surface area contributed by atoms with Crippen molar-refractivity contribution >= 4 is 0 Å². The maximum atomic E-state index is 3.82. The van der Waals surface area contributed by atoms with Crippen LogP contribution in [0.1, 0.15) is 46.5 Å². The first-order valence-corrected chi connectivity index (χ1v) is 6.83. The van der Waals surface area contributed by atoms with Crippen molar-refractivity contribution in [1.29, 1.82) is 0 Å². The van der Waals surface area contributed by atoms with Gasteiger partial charge in [-0.15, -0.1) is 6.58 Å². The molecule has 0 amide bonds. The third-order valence-electron chi connectivity index (χ3n) is 3.84. The second-order valence-electron chi connectivity index (χ2n) is 4.97. The highest BCUT2D eigenvalue weighted by molar-refractivity contribution is 4.87. The summed E-state index contributed by atoms with van der Waals surface area (Å²) in [6.45, 7) is 13.1. The Morgan fingerprint density at radius 3 is 2.31 bits per heavy atom. The molecule has 0 saturated carbocycles. The predicted octanol–water partition coefficient (Wildman–Crippen LogP) is 2.80. The Balaban J connectivity index is 2.30. The normalized spacial score (nSPS) is 21.2. The molecule has 1 aliphatic heterocycles. The van der Waals surface area contributed by atoms with Gasteiger partial charge in [-0.2, -0.15) is 0 Å². The second kappa shape index (κ2) is 7.08. The lowest BCUT2D eigenvalue weighted by atomic mass is 10.0. The SMILES string of the molecule is C=CC(C)NC1CCN(C(CC)CC)CC1. The first-order chi connectivity index (χ1) is 7.71. The van der Waals surface area contributed by atoms with E-state index in [1.165, 1.54) is 38.8 Å². The molecule has 0 radical (unpaired) electrons. The molecule has 1 unspecified atom stereocenters. The van der Waals surface area contributed by atoms with Gasteiger partial charge in [0.2, 0.25) is 0 Å². The molecule has 1 N–H and O–H groups in total. The Hall–Kier alpha value is -0.340. The zero-order chi connectivity index (χ0) is 12.0. The first-order valence-electron chi connectivity index (χ1n) is 6.83. The molecule has 94 valence electrons. The fraction of sp³-hybridized carbons (Fsp3) is 0.857. The summed E-state index contributed by atoms with van der Waals surface area (Å²) in [4.78, 5) is 2.66. The number of nitrogens with one attached hydrogen (secondary N) is 1. The number of rotatable bonds is 6. The third-order valence-corrected chi connectivity index (χ3v) is 3.84. The molecule has 0 aromatic rings. The van der Waals surface area contributed by atoms with Crippen LogP contribution in [0.4, 0.5) is 0 Å². The van der Waals surface area contributed by atoms with E-state index < -0.39 is 0 Å². The highest BCUT2D eigenvalue weighted by atomic mass is 15.2. The topological polar surface area (TPSA) is 15.3 Å². The van der Waals surface area contributed by atoms with E-state index in [-0.39, 0.29) is 0 Å². The van der Waals surface area contributed by atoms with Gasteiger partial charge in [0, 0.05) is 18.1 Å². The van der Waals surface area contributed by atoms with Crippen LogP contribution in [0.15, 0.2) is 12.7 Å². The van der Waals surface area contributed by atoms with Crippen molar-refractivity contribution in [3.05, 3.63) is 12.7 Å². The van der Waals surface area contributed by atoms with E-state index in [1.807, 2.05) is 6.08 Å². The van der Waals surface area contributed by atoms with E-state index in [2.05, 4.69) is 37.6 Å². The molecule has 16 heavy (non-hydrogen) atoms. The minimum atomic E-state index is 0.449. The summed E-state index contributed by atoms with van der Waals surface area (Å²) < 4.78 is 0. The van der Waals surface area contributed by atoms with Gasteiger partial charge in [-0.25, -0.2) is 0 Å². The summed E-state index contributed by atoms with van der Waals surface area (Å²) in [5.74, 6) is 0. The zero-order valence-corrected chi connectivity index (χ0v) is 11.2. The number of piperidine rings is 1. The van der Waals surface area contributed by atoms with Gasteiger partial charge in [0.1, 0.15) is 0 Å². The molecule has 1 fully saturated rings. The Bertz CT molecular complexity index is 191. The number of hydrogen-bond donors (Lipinski definition) is 1. The van der Waals surface area contributed by atoms with Crippen molar-refractivity contribution in [2.45, 2.75) is 64.6 Å². The summed E-state index contributed by atoms with van der Waals surface area (Å²) in [6, 6.07) is 1.95. The zero-order valence-electron chi connectivity index (χ0n) is 11.2. The van der Waals surface area contributed by atoms with Gasteiger partial charge in [-0.05, 0) is 45.7 Å². The molecule has 1 rings (SSSR count). The summed E-state index contributed by atoms with van der Waals surface area (Å²) in [7, 11) is 0. The van der Waals surface area contributed by atoms with Crippen LogP contribution in [0, 0.1) is 0 Å². The Morgan fingerprint density at radius 2 is 1.88 bits per heavy atom. The quantitative estimate of drug-likeness (QED) is 0.698. The fourth-order valence-corrected chi connectivity index (χ4v) is 2.68. The standard InChI is InChI=1S/C14H28N2/c1-5-12(4)15-13-8-10-16(11-9-13)14(6-2)7-3/h5,12-15H,1,6-11H2,2-4H3. The maximum absolute atomic E-state index is 3.82. The van der Waals surface area contributed by atoms with Gasteiger partial charge in [0.25, 0.3) is 0 Å². The van der Waals surface area contributed by atoms with Crippen LogP contribution in [-0.2, 0) is 0 Å². The van der Waals surface area contributed by atoms with Gasteiger partial charge in [0.05, 0.1) is 0 Å². The van der Waals surface area contributed by atoms with Crippen LogP contribution in [0.2, 0.25) is 0 Å². The van der Waals surface area contributed by atoms with E-state index in [0.29, 0.717) is 12.1 Å². The molecule has 1 heterocycles. The molecular weight excluding hydrogens is 196 g/mol. The third kappa shape index (κ3) is 3.91. The number of likely N-dealkylation sites (tertiary alicyclic amines) is 1. The highest BCUT2D eigenvalue weighted by Crippen LogP contribution is 2.17. The lowest BCUT2D eigenvalue weighted by molar-refractivity contribution is 0.135. The molecule has 0 aliphatic carbocycles. The van der Waals surface area contributed by atoms with E-state index in [0.717, 1.165) is 6.04 Å². The molecule has 0 spiro atoms. The molecule has 0 aromatic carbocycles. The average molecular weight is 224 g/mol. The van der Waals surface area contributed by atoms with Crippen molar-refractivity contribution < 1.29 is 0 Å². The predicted molar refractivity (Wildman–Crippen MR) is 71.8 cm³/mol. The van der Waals surface area contributed by atoms with E-state index in [1.54, 1.807) is 0 Å². The molecule has 0 aromatic heterocycles. The van der Waals surface area contributed by atoms with Gasteiger partial charge >= 0.3 is 0 Å². The molecule has 1 atom stereocenters. The summed E-state index contributed by atoms with van der Waals surface area (Å²) in [5, 5.41) is 3.62. The average Bonchev–Trinajstić information content (AvgIpc) is 2.32. The molecule has 0 bridgehead atoms. The second-order valence-corrected chi connectivity index (χ2v) is 4.97. The Kier molecular flexibility index (Phi) is 6.07. The number of hydrogen-bond acceptors (Lipinski definition) is 2. The molecule has 1 aliphatic rings. The van der Waals surface area contributed by atoms with Crippen LogP contribution in [-0.4, -0.2) is 36.1 Å². The summed E-state index contributed by atoms with van der Waals surface area (Å²) in [6.07, 6.45) is 7.14. The van der Waals surface area contributed by atoms with Crippen molar-refractivity contribution in [2.24, 2.45) is 0 Å². The van der Waals surface area contributed by atoms with Crippen LogP contribution < -0.4 is 5.32 Å². The smallest absolute Gasteiger partial charge is 0.0221 e. The van der Waals surface area contributed by atoms with Gasteiger partial charge in [0.15, 0.2) is 0 Å². The fourth-order valence-electron chi connectivity index (χ4n) is 2.68. The lowest BCUT2D eigenvalue weighted by Crippen LogP contribution is -2.47. The maximum Gasteiger partial charge on any atom is 0.0221 e. The van der Waals surface area contributed by atoms with Crippen LogP contribution >= 0.6 is 0 Å². The highest BCUT2D eigenvalue weighted by Gasteiger charge is 2.23. The van der Waals surface area contributed by atoms with Crippen LogP contribution in [0.25, 0.3) is 0 Å². The van der Waals surface area contributed by atoms with Crippen molar-refractivity contribution in [3.8, 4) is 0 Å². The lowest BCUT2D eigenvalue weighted by Gasteiger charge is -2.37. The van der Waals surface area contributed by atoms with E-state index in [9.17, 15) is 0 Å². The largest absolute Gasteiger partial charge is 0.308 e. The molecule has 2 nitrogen and oxygen atoms in total. The van der Waals surface area contributed by atoms with Crippen molar-refractivity contribution in [2.75, 3.05) is 13.1 Å². The van der Waals surface area contributed by atoms with Gasteiger partial charge in [-0.1, -0.05) is 19.9 Å². The van der Waals surface area contributed by atoms with Gasteiger partial charge in [-0.3, -0.25) is 0 Å². The van der Waals surface area contributed by atoms with Crippen LogP contribution in [0.5, 0.6) is 0 Å². The minimum absolute atomic E-state index is 0.449. The van der Waals surface area contributed by atoms with E-state index >= 15 is 0 Å². The van der Waals surface area contributed by atoms with Crippen molar-refractivity contribution in [1.82, 2.24) is 10.2 Å². The molecule has 2 heteroatoms. The summed E-state index contributed by atoms with van der Waals surface area (Å²) >= 11 is 0. The Morgan fingerprint density at radius 1 is 1.31 bits per heavy atom. The monoisotopic (exact) mass is 224 g/mol. The molecular formula is C14H28N2.